The number of rotatable bonds is 19. The SMILES string of the molecule is CC(C)CC[C@@H](NC(=O)[C@@H](Cc1ccccc1)NC(=O)[C@H](N)Cc1ccccc1)C(=O)N[C@H](CCCCN)C(=O)N1CCC2(CC1)CC(N1CCNCC1)C2. The van der Waals surface area contributed by atoms with Gasteiger partial charge in [0.25, 0.3) is 0 Å². The number of carbonyl (C=O) groups excluding carboxylic acids is 4. The number of carbonyl (C=O) groups is 4. The molecule has 5 rings (SSSR count). The molecule has 4 amide bonds. The van der Waals surface area contributed by atoms with Gasteiger partial charge in [-0.3, -0.25) is 24.1 Å². The number of piperazine rings is 1. The Bertz CT molecular complexity index is 1500. The molecule has 2 aromatic carbocycles. The molecule has 12 nitrogen and oxygen atoms in total. The van der Waals surface area contributed by atoms with Gasteiger partial charge in [-0.05, 0) is 93.2 Å². The first-order chi connectivity index (χ1) is 26.6. The summed E-state index contributed by atoms with van der Waals surface area (Å²) < 4.78 is 0. The van der Waals surface area contributed by atoms with Gasteiger partial charge in [0.1, 0.15) is 18.1 Å². The molecular formula is C43H66N8O4. The number of benzene rings is 2. The summed E-state index contributed by atoms with van der Waals surface area (Å²) in [6.45, 7) is 10.4. The van der Waals surface area contributed by atoms with E-state index in [-0.39, 0.29) is 18.2 Å². The van der Waals surface area contributed by atoms with Crippen LogP contribution in [0.25, 0.3) is 0 Å². The molecule has 0 unspecified atom stereocenters. The van der Waals surface area contributed by atoms with E-state index < -0.39 is 41.9 Å². The van der Waals surface area contributed by atoms with Crippen molar-refractivity contribution in [2.24, 2.45) is 22.8 Å². The zero-order chi connectivity index (χ0) is 39.2. The van der Waals surface area contributed by atoms with Crippen LogP contribution in [0.1, 0.15) is 82.8 Å². The maximum absolute atomic E-state index is 14.1. The summed E-state index contributed by atoms with van der Waals surface area (Å²) in [6.07, 6.45) is 7.92. The molecule has 2 heterocycles. The largest absolute Gasteiger partial charge is 0.343 e. The Hall–Kier alpha value is -3.84. The molecule has 0 aromatic heterocycles. The Balaban J connectivity index is 1.24. The van der Waals surface area contributed by atoms with Crippen LogP contribution in [0.4, 0.5) is 0 Å². The van der Waals surface area contributed by atoms with Gasteiger partial charge in [-0.1, -0.05) is 74.5 Å². The highest BCUT2D eigenvalue weighted by Gasteiger charge is 2.48. The van der Waals surface area contributed by atoms with E-state index >= 15 is 0 Å². The van der Waals surface area contributed by atoms with Crippen molar-refractivity contribution in [1.82, 2.24) is 31.1 Å². The van der Waals surface area contributed by atoms with Crippen molar-refractivity contribution < 1.29 is 19.2 Å². The van der Waals surface area contributed by atoms with Gasteiger partial charge in [0.15, 0.2) is 0 Å². The van der Waals surface area contributed by atoms with E-state index in [9.17, 15) is 19.2 Å². The number of hydrogen-bond donors (Lipinski definition) is 6. The molecule has 2 aromatic rings. The predicted molar refractivity (Wildman–Crippen MR) is 217 cm³/mol. The second kappa shape index (κ2) is 20.9. The van der Waals surface area contributed by atoms with Gasteiger partial charge >= 0.3 is 0 Å². The molecule has 2 saturated heterocycles. The van der Waals surface area contributed by atoms with Crippen molar-refractivity contribution in [3.63, 3.8) is 0 Å². The number of hydrogen-bond acceptors (Lipinski definition) is 8. The monoisotopic (exact) mass is 759 g/mol. The van der Waals surface area contributed by atoms with Gasteiger partial charge in [-0.15, -0.1) is 0 Å². The maximum atomic E-state index is 14.1. The second-order valence-corrected chi connectivity index (χ2v) is 16.6. The molecular weight excluding hydrogens is 693 g/mol. The van der Waals surface area contributed by atoms with Crippen LogP contribution >= 0.6 is 0 Å². The number of nitrogens with two attached hydrogens (primary N) is 2. The summed E-state index contributed by atoms with van der Waals surface area (Å²) in [5.41, 5.74) is 14.2. The summed E-state index contributed by atoms with van der Waals surface area (Å²) in [7, 11) is 0. The highest BCUT2D eigenvalue weighted by molar-refractivity contribution is 5.95. The van der Waals surface area contributed by atoms with E-state index in [2.05, 4.69) is 40.0 Å². The quantitative estimate of drug-likeness (QED) is 0.119. The van der Waals surface area contributed by atoms with Gasteiger partial charge in [0, 0.05) is 51.7 Å². The third-order valence-electron chi connectivity index (χ3n) is 11.9. The first-order valence-corrected chi connectivity index (χ1v) is 20.7. The lowest BCUT2D eigenvalue weighted by atomic mass is 9.60. The predicted octanol–water partition coefficient (Wildman–Crippen LogP) is 2.50. The zero-order valence-corrected chi connectivity index (χ0v) is 33.1. The second-order valence-electron chi connectivity index (χ2n) is 16.6. The van der Waals surface area contributed by atoms with Gasteiger partial charge in [-0.25, -0.2) is 0 Å². The third-order valence-corrected chi connectivity index (χ3v) is 11.9. The summed E-state index contributed by atoms with van der Waals surface area (Å²) in [4.78, 5) is 60.3. The number of nitrogens with one attached hydrogen (secondary N) is 4. The highest BCUT2D eigenvalue weighted by Crippen LogP contribution is 2.51. The van der Waals surface area contributed by atoms with Crippen LogP contribution < -0.4 is 32.7 Å². The first-order valence-electron chi connectivity index (χ1n) is 20.7. The van der Waals surface area contributed by atoms with Gasteiger partial charge in [-0.2, -0.15) is 0 Å². The Labute approximate surface area is 328 Å². The number of likely N-dealkylation sites (tertiary alicyclic amines) is 1. The lowest BCUT2D eigenvalue weighted by Gasteiger charge is -2.56. The van der Waals surface area contributed by atoms with E-state index in [0.29, 0.717) is 63.2 Å². The molecule has 1 spiro atoms. The number of amides is 4. The molecule has 302 valence electrons. The van der Waals surface area contributed by atoms with Crippen LogP contribution in [0.3, 0.4) is 0 Å². The summed E-state index contributed by atoms with van der Waals surface area (Å²) in [5, 5.41) is 12.4. The minimum Gasteiger partial charge on any atom is -0.343 e. The average Bonchev–Trinajstić information content (AvgIpc) is 3.18. The molecule has 12 heteroatoms. The molecule has 8 N–H and O–H groups in total. The topological polar surface area (TPSA) is 175 Å². The van der Waals surface area contributed by atoms with Crippen molar-refractivity contribution in [2.45, 2.75) is 115 Å². The highest BCUT2D eigenvalue weighted by atomic mass is 16.2. The standard InChI is InChI=1S/C43H66N8O4/c1-31(2)16-17-36(47-41(54)38(28-33-13-7-4-8-14-33)49-39(52)35(45)27-32-11-5-3-6-12-32)40(53)48-37(15-9-10-20-44)42(55)51-23-18-43(19-24-51)29-34(30-43)50-25-21-46-22-26-50/h3-8,11-14,31,34-38,46H,9-10,15-30,44-45H2,1-2H3,(H,47,54)(H,48,53)(H,49,52)/t35-,36-,37-,38-/m1/s1. The lowest BCUT2D eigenvalue weighted by molar-refractivity contribution is -0.141. The summed E-state index contributed by atoms with van der Waals surface area (Å²) in [6, 6.07) is 16.2. The van der Waals surface area contributed by atoms with Crippen LogP contribution in [-0.2, 0) is 32.0 Å². The molecule has 0 bridgehead atoms. The number of piperidine rings is 1. The van der Waals surface area contributed by atoms with Crippen molar-refractivity contribution in [1.29, 1.82) is 0 Å². The molecule has 2 aliphatic heterocycles. The number of nitrogens with zero attached hydrogens (tertiary/aromatic N) is 2. The van der Waals surface area contributed by atoms with Crippen LogP contribution in [0.5, 0.6) is 0 Å². The summed E-state index contributed by atoms with van der Waals surface area (Å²) >= 11 is 0. The molecule has 1 saturated carbocycles. The maximum Gasteiger partial charge on any atom is 0.245 e. The number of unbranched alkanes of at least 4 members (excludes halogenated alkanes) is 1. The average molecular weight is 759 g/mol. The van der Waals surface area contributed by atoms with Crippen molar-refractivity contribution in [2.75, 3.05) is 45.8 Å². The fraction of sp³-hybridized carbons (Fsp3) is 0.628. The molecule has 0 radical (unpaired) electrons. The van der Waals surface area contributed by atoms with Crippen molar-refractivity contribution >= 4 is 23.6 Å². The molecule has 55 heavy (non-hydrogen) atoms. The normalized spacial score (nSPS) is 19.5. The van der Waals surface area contributed by atoms with E-state index in [0.717, 1.165) is 56.6 Å². The minimum atomic E-state index is -0.966. The van der Waals surface area contributed by atoms with Gasteiger partial charge < -0.3 is 37.6 Å². The lowest BCUT2D eigenvalue weighted by Crippen LogP contribution is -2.60. The fourth-order valence-corrected chi connectivity index (χ4v) is 8.44. The van der Waals surface area contributed by atoms with Gasteiger partial charge in [0.05, 0.1) is 6.04 Å². The third kappa shape index (κ3) is 12.6. The fourth-order valence-electron chi connectivity index (χ4n) is 8.44. The van der Waals surface area contributed by atoms with Crippen LogP contribution in [0.2, 0.25) is 0 Å². The van der Waals surface area contributed by atoms with Gasteiger partial charge in [0.2, 0.25) is 23.6 Å². The molecule has 3 fully saturated rings. The minimum absolute atomic E-state index is 0.0613. The molecule has 1 aliphatic carbocycles. The van der Waals surface area contributed by atoms with Crippen LogP contribution in [0, 0.1) is 11.3 Å². The van der Waals surface area contributed by atoms with E-state index in [1.54, 1.807) is 0 Å². The molecule has 4 atom stereocenters. The van der Waals surface area contributed by atoms with Crippen LogP contribution in [-0.4, -0.2) is 109 Å². The Morgan fingerprint density at radius 2 is 1.29 bits per heavy atom. The van der Waals surface area contributed by atoms with Crippen molar-refractivity contribution in [3.8, 4) is 0 Å². The molecule has 3 aliphatic rings. The van der Waals surface area contributed by atoms with Crippen molar-refractivity contribution in [3.05, 3.63) is 71.8 Å². The van der Waals surface area contributed by atoms with E-state index in [4.69, 9.17) is 11.5 Å². The Morgan fingerprint density at radius 1 is 0.727 bits per heavy atom. The Morgan fingerprint density at radius 3 is 1.89 bits per heavy atom. The zero-order valence-electron chi connectivity index (χ0n) is 33.1. The smallest absolute Gasteiger partial charge is 0.245 e. The Kier molecular flexibility index (Phi) is 16.1. The van der Waals surface area contributed by atoms with E-state index in [1.165, 1.54) is 12.8 Å². The van der Waals surface area contributed by atoms with E-state index in [1.807, 2.05) is 65.6 Å². The first kappa shape index (κ1) is 42.3. The summed E-state index contributed by atoms with van der Waals surface area (Å²) in [5.74, 6) is -1.09. The van der Waals surface area contributed by atoms with Crippen LogP contribution in [0.15, 0.2) is 60.7 Å².